The molecule has 0 aromatic rings. The Kier molecular flexibility index (Phi) is 4.05. The molecule has 0 aromatic carbocycles. The molecule has 0 aromatic heterocycles. The minimum Gasteiger partial charge on any atom is -0.444 e. The van der Waals surface area contributed by atoms with Gasteiger partial charge in [0, 0.05) is 25.7 Å². The van der Waals surface area contributed by atoms with E-state index in [2.05, 4.69) is 5.32 Å². The number of hydrogen-bond acceptors (Lipinski definition) is 4. The zero-order chi connectivity index (χ0) is 15.9. The van der Waals surface area contributed by atoms with Crippen LogP contribution in [0.3, 0.4) is 0 Å². The first-order chi connectivity index (χ1) is 10.3. The number of carbonyl (C=O) groups is 2. The topological polar surface area (TPSA) is 67.9 Å². The molecule has 0 spiro atoms. The minimum absolute atomic E-state index is 0.00402. The molecule has 6 heteroatoms. The Balaban J connectivity index is 1.50. The summed E-state index contributed by atoms with van der Waals surface area (Å²) in [6.07, 6.45) is 2.86. The summed E-state index contributed by atoms with van der Waals surface area (Å²) < 4.78 is 10.9. The van der Waals surface area contributed by atoms with E-state index in [-0.39, 0.29) is 36.0 Å². The Morgan fingerprint density at radius 1 is 1.36 bits per heavy atom. The highest BCUT2D eigenvalue weighted by atomic mass is 16.6. The highest BCUT2D eigenvalue weighted by Gasteiger charge is 2.57. The van der Waals surface area contributed by atoms with E-state index in [1.54, 1.807) is 4.90 Å². The molecule has 4 atom stereocenters. The second-order valence-electron chi connectivity index (χ2n) is 7.60. The van der Waals surface area contributed by atoms with Gasteiger partial charge in [-0.05, 0) is 46.0 Å². The summed E-state index contributed by atoms with van der Waals surface area (Å²) in [6, 6.07) is 0.00402. The van der Waals surface area contributed by atoms with Crippen molar-refractivity contribution in [2.75, 3.05) is 19.7 Å². The zero-order valence-electron chi connectivity index (χ0n) is 13.6. The third-order valence-corrected chi connectivity index (χ3v) is 4.76. The van der Waals surface area contributed by atoms with Crippen molar-refractivity contribution in [1.29, 1.82) is 0 Å². The van der Waals surface area contributed by atoms with Gasteiger partial charge >= 0.3 is 6.09 Å². The van der Waals surface area contributed by atoms with E-state index in [9.17, 15) is 9.59 Å². The van der Waals surface area contributed by atoms with Crippen molar-refractivity contribution in [1.82, 2.24) is 10.2 Å². The predicted octanol–water partition coefficient (Wildman–Crippen LogP) is 1.54. The van der Waals surface area contributed by atoms with Crippen LogP contribution in [0.15, 0.2) is 0 Å². The predicted molar refractivity (Wildman–Crippen MR) is 80.3 cm³/mol. The molecule has 2 bridgehead atoms. The van der Waals surface area contributed by atoms with Crippen LogP contribution in [0, 0.1) is 11.8 Å². The Morgan fingerprint density at radius 3 is 2.77 bits per heavy atom. The minimum atomic E-state index is -0.498. The molecular formula is C16H26N2O4. The highest BCUT2D eigenvalue weighted by molar-refractivity contribution is 5.83. The summed E-state index contributed by atoms with van der Waals surface area (Å²) in [7, 11) is 0. The van der Waals surface area contributed by atoms with Gasteiger partial charge in [0.05, 0.1) is 12.0 Å². The van der Waals surface area contributed by atoms with Crippen LogP contribution < -0.4 is 5.32 Å². The van der Waals surface area contributed by atoms with Crippen LogP contribution in [0.4, 0.5) is 4.79 Å². The Hall–Kier alpha value is -1.30. The van der Waals surface area contributed by atoms with Crippen LogP contribution in [0.5, 0.6) is 0 Å². The van der Waals surface area contributed by atoms with Crippen LogP contribution in [-0.4, -0.2) is 54.3 Å². The van der Waals surface area contributed by atoms with E-state index >= 15 is 0 Å². The molecule has 2 amide bonds. The molecule has 3 saturated heterocycles. The van der Waals surface area contributed by atoms with Gasteiger partial charge in [0.2, 0.25) is 5.91 Å². The second kappa shape index (κ2) is 5.72. The van der Waals surface area contributed by atoms with Crippen molar-refractivity contribution in [3.05, 3.63) is 0 Å². The molecule has 6 nitrogen and oxygen atoms in total. The van der Waals surface area contributed by atoms with Crippen molar-refractivity contribution in [2.24, 2.45) is 11.8 Å². The van der Waals surface area contributed by atoms with E-state index in [0.29, 0.717) is 13.1 Å². The molecule has 0 radical (unpaired) electrons. The monoisotopic (exact) mass is 310 g/mol. The summed E-state index contributed by atoms with van der Waals surface area (Å²) in [5.74, 6) is 0.263. The zero-order valence-corrected chi connectivity index (χ0v) is 13.6. The lowest BCUT2D eigenvalue weighted by atomic mass is 9.73. The second-order valence-corrected chi connectivity index (χ2v) is 7.60. The van der Waals surface area contributed by atoms with Crippen LogP contribution >= 0.6 is 0 Å². The normalized spacial score (nSPS) is 33.5. The summed E-state index contributed by atoms with van der Waals surface area (Å²) in [4.78, 5) is 26.3. The maximum Gasteiger partial charge on any atom is 0.410 e. The molecule has 3 heterocycles. The van der Waals surface area contributed by atoms with Gasteiger partial charge in [0.1, 0.15) is 5.60 Å². The summed E-state index contributed by atoms with van der Waals surface area (Å²) in [5.41, 5.74) is -0.498. The Labute approximate surface area is 131 Å². The van der Waals surface area contributed by atoms with Crippen LogP contribution in [0.25, 0.3) is 0 Å². The van der Waals surface area contributed by atoms with Crippen molar-refractivity contribution in [2.45, 2.75) is 57.8 Å². The van der Waals surface area contributed by atoms with Gasteiger partial charge in [-0.2, -0.15) is 0 Å². The fourth-order valence-electron chi connectivity index (χ4n) is 3.68. The number of ether oxygens (including phenoxy) is 2. The molecule has 1 saturated carbocycles. The molecule has 4 fully saturated rings. The van der Waals surface area contributed by atoms with Crippen LogP contribution in [0.2, 0.25) is 0 Å². The number of carbonyl (C=O) groups excluding carboxylic acids is 2. The van der Waals surface area contributed by atoms with Gasteiger partial charge in [0.15, 0.2) is 0 Å². The van der Waals surface area contributed by atoms with Crippen molar-refractivity contribution < 1.29 is 19.1 Å². The number of nitrogens with zero attached hydrogens (tertiary/aromatic N) is 1. The highest BCUT2D eigenvalue weighted by Crippen LogP contribution is 2.46. The van der Waals surface area contributed by atoms with Crippen molar-refractivity contribution in [3.8, 4) is 0 Å². The fourth-order valence-corrected chi connectivity index (χ4v) is 3.68. The van der Waals surface area contributed by atoms with Gasteiger partial charge in [-0.3, -0.25) is 4.79 Å². The average molecular weight is 310 g/mol. The Bertz CT molecular complexity index is 454. The lowest BCUT2D eigenvalue weighted by molar-refractivity contribution is -0.130. The maximum atomic E-state index is 12.4. The van der Waals surface area contributed by atoms with Crippen molar-refractivity contribution in [3.63, 3.8) is 0 Å². The number of hydrogen-bond donors (Lipinski definition) is 1. The van der Waals surface area contributed by atoms with Gasteiger partial charge in [-0.25, -0.2) is 4.79 Å². The summed E-state index contributed by atoms with van der Waals surface area (Å²) in [6.45, 7) is 7.59. The number of rotatable bonds is 3. The Morgan fingerprint density at radius 2 is 2.14 bits per heavy atom. The van der Waals surface area contributed by atoms with Gasteiger partial charge in [-0.15, -0.1) is 0 Å². The first-order valence-electron chi connectivity index (χ1n) is 8.24. The number of nitrogens with one attached hydrogen (secondary N) is 1. The smallest absolute Gasteiger partial charge is 0.410 e. The van der Waals surface area contributed by atoms with E-state index in [1.807, 2.05) is 20.8 Å². The van der Waals surface area contributed by atoms with Gasteiger partial charge in [-0.1, -0.05) is 0 Å². The first-order valence-corrected chi connectivity index (χ1v) is 8.24. The molecule has 124 valence electrons. The van der Waals surface area contributed by atoms with E-state index in [4.69, 9.17) is 9.47 Å². The lowest BCUT2D eigenvalue weighted by Crippen LogP contribution is -2.50. The van der Waals surface area contributed by atoms with Gasteiger partial charge < -0.3 is 19.7 Å². The van der Waals surface area contributed by atoms with Gasteiger partial charge in [0.25, 0.3) is 0 Å². The van der Waals surface area contributed by atoms with E-state index in [1.165, 1.54) is 0 Å². The lowest BCUT2D eigenvalue weighted by Gasteiger charge is -2.35. The molecule has 3 aliphatic heterocycles. The third kappa shape index (κ3) is 3.07. The molecule has 0 unspecified atom stereocenters. The molecule has 1 N–H and O–H groups in total. The van der Waals surface area contributed by atoms with E-state index in [0.717, 1.165) is 25.9 Å². The molecular weight excluding hydrogens is 284 g/mol. The van der Waals surface area contributed by atoms with Crippen LogP contribution in [-0.2, 0) is 14.3 Å². The first kappa shape index (κ1) is 15.6. The standard InChI is InChI=1S/C16H26N2O4/c1-16(2,3)22-15(20)18-9-10-7-12(18)13(10)14(19)17-8-11-5-4-6-21-11/h10-13H,4-9H2,1-3H3,(H,17,19)/t10-,11-,12+,13+/m1/s1. The molecule has 4 rings (SSSR count). The van der Waals surface area contributed by atoms with Crippen LogP contribution in [0.1, 0.15) is 40.0 Å². The van der Waals surface area contributed by atoms with Crippen molar-refractivity contribution >= 4 is 12.0 Å². The van der Waals surface area contributed by atoms with E-state index < -0.39 is 5.60 Å². The maximum absolute atomic E-state index is 12.4. The third-order valence-electron chi connectivity index (χ3n) is 4.76. The fraction of sp³-hybridized carbons (Fsp3) is 0.875. The summed E-state index contributed by atoms with van der Waals surface area (Å²) in [5, 5.41) is 2.99. The SMILES string of the molecule is CC(C)(C)OC(=O)N1C[C@H]2C[C@H]1[C@H]2C(=O)NC[C@H]1CCCO1. The average Bonchev–Trinajstić information content (AvgIpc) is 3.09. The number of fused-ring (bicyclic) bond motifs is 1. The quantitative estimate of drug-likeness (QED) is 0.858. The molecule has 1 aliphatic carbocycles. The molecule has 22 heavy (non-hydrogen) atoms. The largest absolute Gasteiger partial charge is 0.444 e. The molecule has 4 aliphatic rings. The number of amides is 2. The summed E-state index contributed by atoms with van der Waals surface area (Å²) >= 11 is 0.